The predicted octanol–water partition coefficient (Wildman–Crippen LogP) is 2.83. The first kappa shape index (κ1) is 14.8. The number of esters is 1. The molecule has 0 saturated carbocycles. The lowest BCUT2D eigenvalue weighted by Gasteiger charge is -2.19. The number of hydrogen-bond acceptors (Lipinski definition) is 6. The first-order valence-electron chi connectivity index (χ1n) is 6.19. The van der Waals surface area contributed by atoms with Gasteiger partial charge >= 0.3 is 5.97 Å². The molecule has 1 aliphatic heterocycles. The molecule has 6 heteroatoms. The summed E-state index contributed by atoms with van der Waals surface area (Å²) in [5, 5.41) is 9.91. The van der Waals surface area contributed by atoms with Crippen molar-refractivity contribution < 1.29 is 9.53 Å². The number of rotatable bonds is 4. The number of para-hydroxylation sites is 1. The highest BCUT2D eigenvalue weighted by Crippen LogP contribution is 2.46. The van der Waals surface area contributed by atoms with Crippen molar-refractivity contribution in [2.45, 2.75) is 11.8 Å². The van der Waals surface area contributed by atoms with E-state index in [2.05, 4.69) is 12.6 Å². The van der Waals surface area contributed by atoms with E-state index < -0.39 is 5.97 Å². The molecule has 0 aliphatic carbocycles. The highest BCUT2D eigenvalue weighted by molar-refractivity contribution is 8.03. The van der Waals surface area contributed by atoms with E-state index in [4.69, 9.17) is 4.74 Å². The molecule has 1 heterocycles. The third-order valence-electron chi connectivity index (χ3n) is 2.74. The number of nitriles is 1. The van der Waals surface area contributed by atoms with Crippen LogP contribution in [0.1, 0.15) is 6.92 Å². The maximum atomic E-state index is 11.9. The Kier molecular flexibility index (Phi) is 4.99. The van der Waals surface area contributed by atoms with Gasteiger partial charge < -0.3 is 9.64 Å². The number of fused-ring (bicyclic) bond motifs is 1. The third-order valence-corrected chi connectivity index (χ3v) is 4.12. The summed E-state index contributed by atoms with van der Waals surface area (Å²) in [6, 6.07) is 9.78. The number of thiol groups is 1. The average Bonchev–Trinajstić information content (AvgIpc) is 2.80. The van der Waals surface area contributed by atoms with Crippen LogP contribution in [0.15, 0.2) is 39.8 Å². The predicted molar refractivity (Wildman–Crippen MR) is 82.8 cm³/mol. The maximum Gasteiger partial charge on any atom is 0.351 e. The summed E-state index contributed by atoms with van der Waals surface area (Å²) >= 11 is 5.67. The second-order valence-corrected chi connectivity index (χ2v) is 5.44. The third kappa shape index (κ3) is 2.79. The standard InChI is InChI=1S/C14H14N2O2S2/c1-2-18-14(17)10(9-15)13-16(7-8-19)11-5-3-4-6-12(11)20-13/h3-6,19H,2,7-8H2,1H3. The highest BCUT2D eigenvalue weighted by Gasteiger charge is 2.30. The van der Waals surface area contributed by atoms with Gasteiger partial charge in [0.15, 0.2) is 5.57 Å². The zero-order valence-electron chi connectivity index (χ0n) is 11.0. The van der Waals surface area contributed by atoms with E-state index >= 15 is 0 Å². The van der Waals surface area contributed by atoms with Gasteiger partial charge in [-0.15, -0.1) is 0 Å². The van der Waals surface area contributed by atoms with Gasteiger partial charge in [-0.3, -0.25) is 0 Å². The zero-order valence-corrected chi connectivity index (χ0v) is 12.7. The normalized spacial score (nSPS) is 15.6. The fourth-order valence-electron chi connectivity index (χ4n) is 1.93. The summed E-state index contributed by atoms with van der Waals surface area (Å²) in [5.74, 6) is 0.0504. The van der Waals surface area contributed by atoms with E-state index in [0.717, 1.165) is 10.6 Å². The SMILES string of the molecule is CCOC(=O)C(C#N)=C1Sc2ccccc2N1CCS. The fourth-order valence-corrected chi connectivity index (χ4v) is 3.30. The van der Waals surface area contributed by atoms with Gasteiger partial charge in [0.2, 0.25) is 0 Å². The number of anilines is 1. The van der Waals surface area contributed by atoms with E-state index in [-0.39, 0.29) is 12.2 Å². The van der Waals surface area contributed by atoms with Crippen molar-refractivity contribution in [3.63, 3.8) is 0 Å². The number of thioether (sulfide) groups is 1. The molecular weight excluding hydrogens is 292 g/mol. The lowest BCUT2D eigenvalue weighted by Crippen LogP contribution is -2.23. The fraction of sp³-hybridized carbons (Fsp3) is 0.286. The van der Waals surface area contributed by atoms with Crippen molar-refractivity contribution in [3.8, 4) is 6.07 Å². The van der Waals surface area contributed by atoms with Gasteiger partial charge in [0.1, 0.15) is 11.1 Å². The summed E-state index contributed by atoms with van der Waals surface area (Å²) in [4.78, 5) is 14.9. The molecular formula is C14H14N2O2S2. The number of ether oxygens (including phenoxy) is 1. The molecule has 0 bridgehead atoms. The summed E-state index contributed by atoms with van der Waals surface area (Å²) < 4.78 is 4.95. The maximum absolute atomic E-state index is 11.9. The molecule has 0 N–H and O–H groups in total. The smallest absolute Gasteiger partial charge is 0.351 e. The van der Waals surface area contributed by atoms with Gasteiger partial charge in [-0.05, 0) is 19.1 Å². The zero-order chi connectivity index (χ0) is 14.5. The Morgan fingerprint density at radius 3 is 2.90 bits per heavy atom. The number of benzene rings is 1. The number of carbonyl (C=O) groups excluding carboxylic acids is 1. The number of carbonyl (C=O) groups is 1. The molecule has 0 amide bonds. The summed E-state index contributed by atoms with van der Waals surface area (Å²) in [6.45, 7) is 2.61. The van der Waals surface area contributed by atoms with Gasteiger partial charge in [0.05, 0.1) is 12.3 Å². The molecule has 20 heavy (non-hydrogen) atoms. The molecule has 0 unspecified atom stereocenters. The van der Waals surface area contributed by atoms with Crippen molar-refractivity contribution in [3.05, 3.63) is 34.9 Å². The molecule has 0 fully saturated rings. The highest BCUT2D eigenvalue weighted by atomic mass is 32.2. The van der Waals surface area contributed by atoms with E-state index in [1.807, 2.05) is 35.2 Å². The Balaban J connectivity index is 2.46. The Labute approximate surface area is 127 Å². The van der Waals surface area contributed by atoms with Crippen LogP contribution in [-0.2, 0) is 9.53 Å². The molecule has 0 aromatic heterocycles. The van der Waals surface area contributed by atoms with Crippen LogP contribution in [0.5, 0.6) is 0 Å². The summed E-state index contributed by atoms with van der Waals surface area (Å²) in [7, 11) is 0. The van der Waals surface area contributed by atoms with Gasteiger partial charge in [0, 0.05) is 17.2 Å². The minimum Gasteiger partial charge on any atom is -0.462 e. The Morgan fingerprint density at radius 2 is 2.25 bits per heavy atom. The van der Waals surface area contributed by atoms with Crippen LogP contribution < -0.4 is 4.90 Å². The molecule has 0 saturated heterocycles. The van der Waals surface area contributed by atoms with Gasteiger partial charge in [-0.25, -0.2) is 4.79 Å². The van der Waals surface area contributed by atoms with Gasteiger partial charge in [-0.1, -0.05) is 23.9 Å². The van der Waals surface area contributed by atoms with E-state index in [9.17, 15) is 10.1 Å². The van der Waals surface area contributed by atoms with Crippen LogP contribution in [0.3, 0.4) is 0 Å². The lowest BCUT2D eigenvalue weighted by atomic mass is 10.2. The second kappa shape index (κ2) is 6.73. The molecule has 0 atom stereocenters. The van der Waals surface area contributed by atoms with Crippen molar-refractivity contribution >= 4 is 36.0 Å². The topological polar surface area (TPSA) is 53.3 Å². The van der Waals surface area contributed by atoms with Crippen molar-refractivity contribution in [1.82, 2.24) is 0 Å². The number of nitrogens with zero attached hydrogens (tertiary/aromatic N) is 2. The molecule has 1 aromatic carbocycles. The lowest BCUT2D eigenvalue weighted by molar-refractivity contribution is -0.138. The molecule has 2 rings (SSSR count). The Bertz CT molecular complexity index is 593. The minimum atomic E-state index is -0.575. The molecule has 0 radical (unpaired) electrons. The second-order valence-electron chi connectivity index (χ2n) is 3.96. The largest absolute Gasteiger partial charge is 0.462 e. The molecule has 1 aliphatic rings. The van der Waals surface area contributed by atoms with Crippen LogP contribution >= 0.6 is 24.4 Å². The average molecular weight is 306 g/mol. The Hall–Kier alpha value is -1.58. The van der Waals surface area contributed by atoms with Crippen molar-refractivity contribution in [2.75, 3.05) is 23.8 Å². The van der Waals surface area contributed by atoms with Crippen LogP contribution in [-0.4, -0.2) is 24.9 Å². The van der Waals surface area contributed by atoms with E-state index in [0.29, 0.717) is 17.3 Å². The van der Waals surface area contributed by atoms with Gasteiger partial charge in [0.25, 0.3) is 0 Å². The van der Waals surface area contributed by atoms with Crippen molar-refractivity contribution in [2.24, 2.45) is 0 Å². The minimum absolute atomic E-state index is 0.0508. The first-order valence-corrected chi connectivity index (χ1v) is 7.64. The van der Waals surface area contributed by atoms with Crippen LogP contribution in [0.4, 0.5) is 5.69 Å². The van der Waals surface area contributed by atoms with Crippen LogP contribution in [0.25, 0.3) is 0 Å². The molecule has 0 spiro atoms. The molecule has 1 aromatic rings. The quantitative estimate of drug-likeness (QED) is 0.401. The summed E-state index contributed by atoms with van der Waals surface area (Å²) in [5.41, 5.74) is 1.05. The molecule has 4 nitrogen and oxygen atoms in total. The monoisotopic (exact) mass is 306 g/mol. The van der Waals surface area contributed by atoms with Crippen LogP contribution in [0.2, 0.25) is 0 Å². The van der Waals surface area contributed by atoms with E-state index in [1.54, 1.807) is 6.92 Å². The molecule has 104 valence electrons. The number of hydrogen-bond donors (Lipinski definition) is 1. The van der Waals surface area contributed by atoms with Crippen LogP contribution in [0, 0.1) is 11.3 Å². The van der Waals surface area contributed by atoms with Crippen molar-refractivity contribution in [1.29, 1.82) is 5.26 Å². The first-order chi connectivity index (χ1) is 9.72. The van der Waals surface area contributed by atoms with E-state index in [1.165, 1.54) is 11.8 Å². The Morgan fingerprint density at radius 1 is 1.50 bits per heavy atom. The summed E-state index contributed by atoms with van der Waals surface area (Å²) in [6.07, 6.45) is 0. The van der Waals surface area contributed by atoms with Gasteiger partial charge in [-0.2, -0.15) is 17.9 Å².